The van der Waals surface area contributed by atoms with Crippen LogP contribution in [0.5, 0.6) is 0 Å². The highest BCUT2D eigenvalue weighted by Gasteiger charge is 2.31. The summed E-state index contributed by atoms with van der Waals surface area (Å²) in [5, 5.41) is 0. The average molecular weight is 266 g/mol. The Morgan fingerprint density at radius 1 is 0.947 bits per heavy atom. The van der Waals surface area contributed by atoms with Crippen LogP contribution in [0.25, 0.3) is 0 Å². The van der Waals surface area contributed by atoms with Crippen molar-refractivity contribution in [3.63, 3.8) is 0 Å². The molecule has 0 aromatic heterocycles. The zero-order valence-corrected chi connectivity index (χ0v) is 13.0. The van der Waals surface area contributed by atoms with Gasteiger partial charge >= 0.3 is 0 Å². The minimum absolute atomic E-state index is 0.568. The molecule has 2 aliphatic rings. The summed E-state index contributed by atoms with van der Waals surface area (Å²) in [7, 11) is 0. The molecule has 0 bridgehead atoms. The van der Waals surface area contributed by atoms with Crippen LogP contribution in [-0.4, -0.2) is 6.04 Å². The van der Waals surface area contributed by atoms with Gasteiger partial charge in [0.2, 0.25) is 0 Å². The summed E-state index contributed by atoms with van der Waals surface area (Å²) in [5.41, 5.74) is 3.17. The SMILES string of the molecule is CC1CCC(C(CC2CCCCCC2)NN)CC1C. The zero-order chi connectivity index (χ0) is 13.7. The molecular weight excluding hydrogens is 232 g/mol. The predicted octanol–water partition coefficient (Wildman–Crippen LogP) is 4.25. The van der Waals surface area contributed by atoms with E-state index < -0.39 is 0 Å². The van der Waals surface area contributed by atoms with E-state index in [2.05, 4.69) is 19.3 Å². The first kappa shape index (κ1) is 15.3. The van der Waals surface area contributed by atoms with E-state index in [0.717, 1.165) is 23.7 Å². The number of rotatable bonds is 4. The van der Waals surface area contributed by atoms with Crippen molar-refractivity contribution in [3.8, 4) is 0 Å². The predicted molar refractivity (Wildman–Crippen MR) is 82.6 cm³/mol. The molecule has 4 unspecified atom stereocenters. The van der Waals surface area contributed by atoms with Gasteiger partial charge in [0.15, 0.2) is 0 Å². The van der Waals surface area contributed by atoms with E-state index in [-0.39, 0.29) is 0 Å². The van der Waals surface area contributed by atoms with Crippen LogP contribution in [0.4, 0.5) is 0 Å². The molecule has 0 aromatic rings. The van der Waals surface area contributed by atoms with Crippen molar-refractivity contribution in [2.24, 2.45) is 29.5 Å². The summed E-state index contributed by atoms with van der Waals surface area (Å²) in [4.78, 5) is 0. The monoisotopic (exact) mass is 266 g/mol. The number of hydrazine groups is 1. The maximum atomic E-state index is 5.89. The molecule has 112 valence electrons. The van der Waals surface area contributed by atoms with Crippen molar-refractivity contribution in [3.05, 3.63) is 0 Å². The Labute approximate surface area is 119 Å². The van der Waals surface area contributed by atoms with Gasteiger partial charge in [-0.3, -0.25) is 11.3 Å². The number of nitrogens with two attached hydrogens (primary N) is 1. The first-order valence-corrected chi connectivity index (χ1v) is 8.66. The van der Waals surface area contributed by atoms with Crippen LogP contribution in [0, 0.1) is 23.7 Å². The van der Waals surface area contributed by atoms with E-state index in [9.17, 15) is 0 Å². The standard InChI is InChI=1S/C17H34N2/c1-13-9-10-16(11-14(13)2)17(19-18)12-15-7-5-3-4-6-8-15/h13-17,19H,3-12,18H2,1-2H3. The van der Waals surface area contributed by atoms with Gasteiger partial charge in [-0.1, -0.05) is 58.8 Å². The zero-order valence-electron chi connectivity index (χ0n) is 13.0. The average Bonchev–Trinajstić information content (AvgIpc) is 2.68. The third kappa shape index (κ3) is 4.46. The molecule has 2 fully saturated rings. The number of hydrogen-bond acceptors (Lipinski definition) is 2. The van der Waals surface area contributed by atoms with Crippen LogP contribution >= 0.6 is 0 Å². The lowest BCUT2D eigenvalue weighted by atomic mass is 9.71. The van der Waals surface area contributed by atoms with E-state index in [0.29, 0.717) is 6.04 Å². The Bertz CT molecular complexity index is 246. The molecule has 0 heterocycles. The van der Waals surface area contributed by atoms with Gasteiger partial charge < -0.3 is 0 Å². The summed E-state index contributed by atoms with van der Waals surface area (Å²) >= 11 is 0. The molecule has 0 radical (unpaired) electrons. The summed E-state index contributed by atoms with van der Waals surface area (Å²) in [5.74, 6) is 9.43. The second-order valence-electron chi connectivity index (χ2n) is 7.39. The molecule has 2 nitrogen and oxygen atoms in total. The molecule has 2 heteroatoms. The molecule has 2 rings (SSSR count). The first-order chi connectivity index (χ1) is 9.20. The van der Waals surface area contributed by atoms with Gasteiger partial charge in [0.05, 0.1) is 0 Å². The highest BCUT2D eigenvalue weighted by Crippen LogP contribution is 2.37. The Hall–Kier alpha value is -0.0800. The molecule has 2 saturated carbocycles. The van der Waals surface area contributed by atoms with Crippen LogP contribution in [0.15, 0.2) is 0 Å². The third-order valence-electron chi connectivity index (χ3n) is 5.98. The summed E-state index contributed by atoms with van der Waals surface area (Å²) in [6, 6.07) is 0.568. The van der Waals surface area contributed by atoms with E-state index in [4.69, 9.17) is 5.84 Å². The Morgan fingerprint density at radius 2 is 1.63 bits per heavy atom. The normalized spacial score (nSPS) is 35.8. The van der Waals surface area contributed by atoms with E-state index in [1.165, 1.54) is 64.2 Å². The van der Waals surface area contributed by atoms with Crippen LogP contribution < -0.4 is 11.3 Å². The lowest BCUT2D eigenvalue weighted by Gasteiger charge is -2.37. The molecule has 3 N–H and O–H groups in total. The number of nitrogens with one attached hydrogen (secondary N) is 1. The topological polar surface area (TPSA) is 38.0 Å². The van der Waals surface area contributed by atoms with Gasteiger partial charge in [0.25, 0.3) is 0 Å². The van der Waals surface area contributed by atoms with Crippen molar-refractivity contribution in [1.29, 1.82) is 0 Å². The van der Waals surface area contributed by atoms with E-state index >= 15 is 0 Å². The highest BCUT2D eigenvalue weighted by molar-refractivity contribution is 4.84. The molecule has 0 saturated heterocycles. The summed E-state index contributed by atoms with van der Waals surface area (Å²) in [6.45, 7) is 4.84. The van der Waals surface area contributed by atoms with Gasteiger partial charge in [0, 0.05) is 6.04 Å². The van der Waals surface area contributed by atoms with Crippen LogP contribution in [0.3, 0.4) is 0 Å². The summed E-state index contributed by atoms with van der Waals surface area (Å²) < 4.78 is 0. The van der Waals surface area contributed by atoms with Crippen molar-refractivity contribution in [1.82, 2.24) is 5.43 Å². The van der Waals surface area contributed by atoms with Gasteiger partial charge in [-0.05, 0) is 42.9 Å². The minimum Gasteiger partial charge on any atom is -0.271 e. The fourth-order valence-corrected chi connectivity index (χ4v) is 4.31. The molecular formula is C17H34N2. The van der Waals surface area contributed by atoms with E-state index in [1.807, 2.05) is 0 Å². The Kier molecular flexibility index (Phi) is 6.15. The lowest BCUT2D eigenvalue weighted by Crippen LogP contribution is -2.44. The first-order valence-electron chi connectivity index (χ1n) is 8.66. The molecule has 19 heavy (non-hydrogen) atoms. The summed E-state index contributed by atoms with van der Waals surface area (Å²) in [6.07, 6.45) is 14.2. The smallest absolute Gasteiger partial charge is 0.0241 e. The van der Waals surface area contributed by atoms with Crippen LogP contribution in [0.2, 0.25) is 0 Å². The second-order valence-corrected chi connectivity index (χ2v) is 7.39. The highest BCUT2D eigenvalue weighted by atomic mass is 15.2. The van der Waals surface area contributed by atoms with Crippen molar-refractivity contribution < 1.29 is 0 Å². The Morgan fingerprint density at radius 3 is 2.21 bits per heavy atom. The van der Waals surface area contributed by atoms with Gasteiger partial charge in [-0.15, -0.1) is 0 Å². The molecule has 4 atom stereocenters. The minimum atomic E-state index is 0.568. The largest absolute Gasteiger partial charge is 0.271 e. The van der Waals surface area contributed by atoms with Crippen molar-refractivity contribution in [2.75, 3.05) is 0 Å². The maximum absolute atomic E-state index is 5.89. The van der Waals surface area contributed by atoms with Crippen LogP contribution in [-0.2, 0) is 0 Å². The molecule has 2 aliphatic carbocycles. The fourth-order valence-electron chi connectivity index (χ4n) is 4.31. The number of hydrogen-bond donors (Lipinski definition) is 2. The van der Waals surface area contributed by atoms with E-state index in [1.54, 1.807) is 0 Å². The third-order valence-corrected chi connectivity index (χ3v) is 5.98. The Balaban J connectivity index is 1.84. The van der Waals surface area contributed by atoms with Gasteiger partial charge in [-0.25, -0.2) is 0 Å². The molecule has 0 aliphatic heterocycles. The van der Waals surface area contributed by atoms with Crippen molar-refractivity contribution in [2.45, 2.75) is 84.1 Å². The lowest BCUT2D eigenvalue weighted by molar-refractivity contribution is 0.154. The molecule has 0 spiro atoms. The van der Waals surface area contributed by atoms with Crippen molar-refractivity contribution >= 4 is 0 Å². The van der Waals surface area contributed by atoms with Crippen LogP contribution in [0.1, 0.15) is 78.1 Å². The molecule has 0 aromatic carbocycles. The quantitative estimate of drug-likeness (QED) is 0.453. The van der Waals surface area contributed by atoms with Gasteiger partial charge in [0.1, 0.15) is 0 Å². The maximum Gasteiger partial charge on any atom is 0.0241 e. The second kappa shape index (κ2) is 7.64. The fraction of sp³-hybridized carbons (Fsp3) is 1.00. The van der Waals surface area contributed by atoms with Gasteiger partial charge in [-0.2, -0.15) is 0 Å². The molecule has 0 amide bonds.